The fraction of sp³-hybridized carbons (Fsp3) is 0.429. The molecule has 1 rings (SSSR count). The maximum Gasteiger partial charge on any atom is 0.254 e. The van der Waals surface area contributed by atoms with Gasteiger partial charge in [-0.25, -0.2) is 0 Å². The molecule has 0 unspecified atom stereocenters. The van der Waals surface area contributed by atoms with Gasteiger partial charge in [0.15, 0.2) is 0 Å². The monoisotopic (exact) mass is 171 g/mol. The summed E-state index contributed by atoms with van der Waals surface area (Å²) in [4.78, 5) is 22.7. The minimum Gasteiger partial charge on any atom is -0.394 e. The Labute approximate surface area is 68.9 Å². The summed E-state index contributed by atoms with van der Waals surface area (Å²) < 4.78 is 0. The summed E-state index contributed by atoms with van der Waals surface area (Å²) in [7, 11) is 0. The van der Waals surface area contributed by atoms with Crippen molar-refractivity contribution in [3.63, 3.8) is 0 Å². The molecule has 0 saturated heterocycles. The normalized spacial score (nSPS) is 16.8. The van der Waals surface area contributed by atoms with Crippen LogP contribution in [0.25, 0.3) is 0 Å². The first-order valence-corrected chi connectivity index (χ1v) is 3.47. The Morgan fingerprint density at radius 2 is 1.58 bits per heavy atom. The average molecular weight is 171 g/mol. The summed E-state index contributed by atoms with van der Waals surface area (Å²) in [5, 5.41) is 17.4. The van der Waals surface area contributed by atoms with E-state index in [1.165, 1.54) is 0 Å². The minimum absolute atomic E-state index is 0.421. The zero-order valence-electron chi connectivity index (χ0n) is 6.30. The van der Waals surface area contributed by atoms with Crippen LogP contribution < -0.4 is 0 Å². The van der Waals surface area contributed by atoms with Gasteiger partial charge in [-0.05, 0) is 0 Å². The predicted molar refractivity (Wildman–Crippen MR) is 39.0 cm³/mol. The highest BCUT2D eigenvalue weighted by Gasteiger charge is 2.29. The van der Waals surface area contributed by atoms with Gasteiger partial charge in [-0.1, -0.05) is 0 Å². The van der Waals surface area contributed by atoms with Crippen molar-refractivity contribution in [3.8, 4) is 0 Å². The maximum atomic E-state index is 10.9. The second kappa shape index (κ2) is 3.46. The van der Waals surface area contributed by atoms with Crippen LogP contribution in [0.2, 0.25) is 0 Å². The number of imide groups is 1. The zero-order chi connectivity index (χ0) is 9.14. The maximum absolute atomic E-state index is 10.9. The summed E-state index contributed by atoms with van der Waals surface area (Å²) >= 11 is 0. The fourth-order valence-electron chi connectivity index (χ4n) is 0.993. The Kier molecular flexibility index (Phi) is 2.57. The van der Waals surface area contributed by atoms with E-state index in [1.807, 2.05) is 0 Å². The molecule has 0 saturated carbocycles. The molecule has 0 fully saturated rings. The van der Waals surface area contributed by atoms with Crippen LogP contribution in [0.5, 0.6) is 0 Å². The van der Waals surface area contributed by atoms with Gasteiger partial charge in [0.2, 0.25) is 0 Å². The van der Waals surface area contributed by atoms with Crippen molar-refractivity contribution in [3.05, 3.63) is 12.2 Å². The van der Waals surface area contributed by atoms with E-state index in [-0.39, 0.29) is 0 Å². The molecule has 1 heterocycles. The van der Waals surface area contributed by atoms with E-state index in [4.69, 9.17) is 10.2 Å². The molecular formula is C7H9NO4. The molecule has 0 aromatic rings. The summed E-state index contributed by atoms with van der Waals surface area (Å²) in [5.41, 5.74) is 0. The van der Waals surface area contributed by atoms with Gasteiger partial charge in [-0.2, -0.15) is 0 Å². The quantitative estimate of drug-likeness (QED) is 0.494. The molecule has 12 heavy (non-hydrogen) atoms. The van der Waals surface area contributed by atoms with E-state index in [2.05, 4.69) is 0 Å². The minimum atomic E-state index is -0.819. The van der Waals surface area contributed by atoms with Crippen LogP contribution in [0.1, 0.15) is 0 Å². The van der Waals surface area contributed by atoms with Crippen LogP contribution in [-0.2, 0) is 9.59 Å². The predicted octanol–water partition coefficient (Wildman–Crippen LogP) is -1.74. The highest BCUT2D eigenvalue weighted by Crippen LogP contribution is 2.07. The van der Waals surface area contributed by atoms with E-state index < -0.39 is 31.1 Å². The van der Waals surface area contributed by atoms with Crippen molar-refractivity contribution in [1.29, 1.82) is 0 Å². The van der Waals surface area contributed by atoms with E-state index >= 15 is 0 Å². The SMILES string of the molecule is O=C1C=CC(=O)N1C(CO)CO. The van der Waals surface area contributed by atoms with Gasteiger partial charge < -0.3 is 10.2 Å². The standard InChI is InChI=1S/C7H9NO4/c9-3-5(4-10)8-6(11)1-2-7(8)12/h1-2,5,9-10H,3-4H2. The van der Waals surface area contributed by atoms with Gasteiger partial charge in [0.25, 0.3) is 11.8 Å². The van der Waals surface area contributed by atoms with Crippen LogP contribution in [0, 0.1) is 0 Å². The van der Waals surface area contributed by atoms with Gasteiger partial charge in [-0.3, -0.25) is 14.5 Å². The third-order valence-corrected chi connectivity index (χ3v) is 1.63. The first-order valence-electron chi connectivity index (χ1n) is 3.47. The van der Waals surface area contributed by atoms with Crippen molar-refractivity contribution in [2.45, 2.75) is 6.04 Å². The summed E-state index contributed by atoms with van der Waals surface area (Å²) in [6.45, 7) is -0.842. The van der Waals surface area contributed by atoms with Gasteiger partial charge in [-0.15, -0.1) is 0 Å². The molecule has 2 N–H and O–H groups in total. The Hall–Kier alpha value is -1.20. The van der Waals surface area contributed by atoms with Crippen LogP contribution >= 0.6 is 0 Å². The Morgan fingerprint density at radius 1 is 1.17 bits per heavy atom. The lowest BCUT2D eigenvalue weighted by Crippen LogP contribution is -2.44. The number of hydrogen-bond donors (Lipinski definition) is 2. The third-order valence-electron chi connectivity index (χ3n) is 1.63. The highest BCUT2D eigenvalue weighted by molar-refractivity contribution is 6.13. The molecule has 0 atom stereocenters. The van der Waals surface area contributed by atoms with Crippen LogP contribution in [0.3, 0.4) is 0 Å². The number of carbonyl (C=O) groups excluding carboxylic acids is 2. The average Bonchev–Trinajstić information content (AvgIpc) is 2.38. The summed E-state index contributed by atoms with van der Waals surface area (Å²) in [6.07, 6.45) is 2.22. The number of hydrogen-bond acceptors (Lipinski definition) is 4. The Bertz CT molecular complexity index is 214. The molecule has 66 valence electrons. The molecule has 0 aliphatic carbocycles. The van der Waals surface area contributed by atoms with E-state index in [0.29, 0.717) is 0 Å². The molecule has 0 aromatic carbocycles. The fourth-order valence-corrected chi connectivity index (χ4v) is 0.993. The molecule has 1 aliphatic rings. The van der Waals surface area contributed by atoms with Crippen molar-refractivity contribution >= 4 is 11.8 Å². The molecule has 5 nitrogen and oxygen atoms in total. The second-order valence-corrected chi connectivity index (χ2v) is 2.40. The zero-order valence-corrected chi connectivity index (χ0v) is 6.30. The van der Waals surface area contributed by atoms with Gasteiger partial charge in [0.1, 0.15) is 0 Å². The van der Waals surface area contributed by atoms with Crippen LogP contribution in [0.15, 0.2) is 12.2 Å². The molecule has 1 aliphatic heterocycles. The number of carbonyl (C=O) groups is 2. The number of nitrogens with zero attached hydrogens (tertiary/aromatic N) is 1. The van der Waals surface area contributed by atoms with Crippen molar-refractivity contribution in [1.82, 2.24) is 4.90 Å². The molecule has 0 bridgehead atoms. The van der Waals surface area contributed by atoms with E-state index in [0.717, 1.165) is 17.1 Å². The lowest BCUT2D eigenvalue weighted by atomic mass is 10.3. The third kappa shape index (κ3) is 1.37. The van der Waals surface area contributed by atoms with E-state index in [1.54, 1.807) is 0 Å². The van der Waals surface area contributed by atoms with Crippen molar-refractivity contribution in [2.24, 2.45) is 0 Å². The summed E-state index contributed by atoms with van der Waals surface area (Å²) in [6, 6.07) is -0.819. The number of amides is 2. The van der Waals surface area contributed by atoms with Crippen LogP contribution in [0.4, 0.5) is 0 Å². The lowest BCUT2D eigenvalue weighted by Gasteiger charge is -2.21. The lowest BCUT2D eigenvalue weighted by molar-refractivity contribution is -0.141. The van der Waals surface area contributed by atoms with E-state index in [9.17, 15) is 9.59 Å². The molecule has 2 amide bonds. The highest BCUT2D eigenvalue weighted by atomic mass is 16.3. The summed E-state index contributed by atoms with van der Waals surface area (Å²) in [5.74, 6) is -0.985. The van der Waals surface area contributed by atoms with Gasteiger partial charge in [0, 0.05) is 12.2 Å². The first kappa shape index (κ1) is 8.89. The van der Waals surface area contributed by atoms with Gasteiger partial charge in [0.05, 0.1) is 19.3 Å². The van der Waals surface area contributed by atoms with Crippen LogP contribution in [-0.4, -0.2) is 46.2 Å². The molecule has 0 aromatic heterocycles. The largest absolute Gasteiger partial charge is 0.394 e. The molecule has 0 spiro atoms. The number of aliphatic hydroxyl groups excluding tert-OH is 2. The Morgan fingerprint density at radius 3 is 1.92 bits per heavy atom. The number of aliphatic hydroxyl groups is 2. The van der Waals surface area contributed by atoms with Gasteiger partial charge >= 0.3 is 0 Å². The Balaban J connectivity index is 2.74. The molecule has 0 radical (unpaired) electrons. The molecule has 5 heteroatoms. The van der Waals surface area contributed by atoms with Crippen molar-refractivity contribution in [2.75, 3.05) is 13.2 Å². The van der Waals surface area contributed by atoms with Crippen molar-refractivity contribution < 1.29 is 19.8 Å². The topological polar surface area (TPSA) is 77.8 Å². The second-order valence-electron chi connectivity index (χ2n) is 2.40. The molecular weight excluding hydrogens is 162 g/mol. The number of rotatable bonds is 3. The smallest absolute Gasteiger partial charge is 0.254 e. The first-order chi connectivity index (χ1) is 5.70.